The van der Waals surface area contributed by atoms with E-state index in [4.69, 9.17) is 5.73 Å². The van der Waals surface area contributed by atoms with E-state index in [0.29, 0.717) is 12.6 Å². The Balaban J connectivity index is 1.92. The molecule has 2 aliphatic rings. The highest BCUT2D eigenvalue weighted by Gasteiger charge is 2.34. The molecule has 2 rings (SSSR count). The summed E-state index contributed by atoms with van der Waals surface area (Å²) < 4.78 is 0. The molecule has 3 amide bonds. The number of urea groups is 1. The molecule has 7 heteroatoms. The minimum atomic E-state index is -0.260. The number of primary amides is 1. The highest BCUT2D eigenvalue weighted by atomic mass is 16.2. The Hall–Kier alpha value is -1.34. The maximum absolute atomic E-state index is 11.9. The van der Waals surface area contributed by atoms with E-state index in [1.165, 1.54) is 0 Å². The fourth-order valence-electron chi connectivity index (χ4n) is 3.09. The van der Waals surface area contributed by atoms with Gasteiger partial charge in [-0.3, -0.25) is 9.69 Å². The average Bonchev–Trinajstić information content (AvgIpc) is 2.46. The van der Waals surface area contributed by atoms with Gasteiger partial charge in [0.25, 0.3) is 0 Å². The van der Waals surface area contributed by atoms with E-state index in [1.807, 2.05) is 4.90 Å². The molecular weight excluding hydrogens is 258 g/mol. The first kappa shape index (κ1) is 15.1. The van der Waals surface area contributed by atoms with Gasteiger partial charge in [-0.2, -0.15) is 0 Å². The lowest BCUT2D eigenvalue weighted by Gasteiger charge is -2.43. The Morgan fingerprint density at radius 1 is 1.20 bits per heavy atom. The smallest absolute Gasteiger partial charge is 0.319 e. The molecule has 2 aliphatic heterocycles. The monoisotopic (exact) mass is 283 g/mol. The molecule has 0 bridgehead atoms. The Morgan fingerprint density at radius 2 is 1.85 bits per heavy atom. The van der Waals surface area contributed by atoms with Crippen molar-refractivity contribution in [2.75, 3.05) is 46.8 Å². The van der Waals surface area contributed by atoms with E-state index >= 15 is 0 Å². The highest BCUT2D eigenvalue weighted by Crippen LogP contribution is 2.20. The second kappa shape index (κ2) is 6.41. The van der Waals surface area contributed by atoms with Crippen molar-refractivity contribution in [3.05, 3.63) is 0 Å². The largest absolute Gasteiger partial charge is 0.368 e. The normalized spacial score (nSPS) is 25.5. The van der Waals surface area contributed by atoms with Gasteiger partial charge in [-0.15, -0.1) is 0 Å². The molecule has 2 heterocycles. The number of nitrogens with two attached hydrogens (primary N) is 1. The van der Waals surface area contributed by atoms with Crippen molar-refractivity contribution >= 4 is 11.9 Å². The number of hydrogen-bond donors (Lipinski definition) is 2. The predicted octanol–water partition coefficient (Wildman–Crippen LogP) is -1.11. The molecule has 0 radical (unpaired) electrons. The Kier molecular flexibility index (Phi) is 4.82. The summed E-state index contributed by atoms with van der Waals surface area (Å²) in [5, 5.41) is 3.21. The van der Waals surface area contributed by atoms with Crippen LogP contribution in [0.1, 0.15) is 12.8 Å². The third-order valence-corrected chi connectivity index (χ3v) is 4.20. The minimum Gasteiger partial charge on any atom is -0.368 e. The lowest BCUT2D eigenvalue weighted by Crippen LogP contribution is -2.61. The van der Waals surface area contributed by atoms with Gasteiger partial charge in [0.2, 0.25) is 5.91 Å². The number of piperazine rings is 1. The summed E-state index contributed by atoms with van der Waals surface area (Å²) in [6.45, 7) is 3.86. The maximum Gasteiger partial charge on any atom is 0.319 e. The van der Waals surface area contributed by atoms with E-state index in [2.05, 4.69) is 10.2 Å². The van der Waals surface area contributed by atoms with Gasteiger partial charge in [0.1, 0.15) is 6.04 Å². The van der Waals surface area contributed by atoms with Crippen LogP contribution in [0, 0.1) is 0 Å². The molecule has 0 spiro atoms. The van der Waals surface area contributed by atoms with Crippen molar-refractivity contribution in [3.63, 3.8) is 0 Å². The molecule has 0 aromatic rings. The molecule has 0 aliphatic carbocycles. The summed E-state index contributed by atoms with van der Waals surface area (Å²) in [6, 6.07) is 0.195. The zero-order valence-corrected chi connectivity index (χ0v) is 12.3. The first-order valence-corrected chi connectivity index (χ1v) is 7.22. The molecular formula is C13H25N5O2. The molecule has 2 saturated heterocycles. The second-order valence-electron chi connectivity index (χ2n) is 5.76. The fourth-order valence-corrected chi connectivity index (χ4v) is 3.09. The first-order valence-electron chi connectivity index (χ1n) is 7.22. The quantitative estimate of drug-likeness (QED) is 0.673. The van der Waals surface area contributed by atoms with Crippen molar-refractivity contribution in [3.8, 4) is 0 Å². The molecule has 1 atom stereocenters. The third-order valence-electron chi connectivity index (χ3n) is 4.20. The number of amides is 3. The molecule has 7 nitrogen and oxygen atoms in total. The van der Waals surface area contributed by atoms with E-state index in [-0.39, 0.29) is 18.0 Å². The Morgan fingerprint density at radius 3 is 2.40 bits per heavy atom. The van der Waals surface area contributed by atoms with Gasteiger partial charge in [-0.1, -0.05) is 0 Å². The predicted molar refractivity (Wildman–Crippen MR) is 76.2 cm³/mol. The maximum atomic E-state index is 11.9. The van der Waals surface area contributed by atoms with Gasteiger partial charge in [0, 0.05) is 52.9 Å². The Labute approximate surface area is 120 Å². The number of hydrogen-bond acceptors (Lipinski definition) is 4. The lowest BCUT2D eigenvalue weighted by molar-refractivity contribution is -0.125. The number of carbonyl (C=O) groups is 2. The van der Waals surface area contributed by atoms with E-state index in [0.717, 1.165) is 39.0 Å². The zero-order chi connectivity index (χ0) is 14.7. The van der Waals surface area contributed by atoms with E-state index in [9.17, 15) is 9.59 Å². The summed E-state index contributed by atoms with van der Waals surface area (Å²) in [4.78, 5) is 29.1. The molecule has 114 valence electrons. The van der Waals surface area contributed by atoms with Gasteiger partial charge in [0.05, 0.1) is 0 Å². The van der Waals surface area contributed by atoms with Crippen LogP contribution in [-0.4, -0.2) is 85.5 Å². The van der Waals surface area contributed by atoms with Crippen LogP contribution < -0.4 is 11.1 Å². The molecule has 3 N–H and O–H groups in total. The number of likely N-dealkylation sites (tertiary alicyclic amines) is 1. The van der Waals surface area contributed by atoms with Crippen molar-refractivity contribution in [1.29, 1.82) is 0 Å². The number of piperidine rings is 1. The molecule has 20 heavy (non-hydrogen) atoms. The van der Waals surface area contributed by atoms with Crippen molar-refractivity contribution in [2.24, 2.45) is 5.73 Å². The molecule has 2 fully saturated rings. The lowest BCUT2D eigenvalue weighted by atomic mass is 9.99. The molecule has 0 aromatic carbocycles. The number of rotatable bonds is 2. The Bertz CT molecular complexity index is 366. The van der Waals surface area contributed by atoms with Crippen LogP contribution in [0.15, 0.2) is 0 Å². The number of nitrogens with zero attached hydrogens (tertiary/aromatic N) is 3. The summed E-state index contributed by atoms with van der Waals surface area (Å²) >= 11 is 0. The van der Waals surface area contributed by atoms with Crippen LogP contribution in [0.5, 0.6) is 0 Å². The van der Waals surface area contributed by atoms with Crippen LogP contribution in [0.3, 0.4) is 0 Å². The van der Waals surface area contributed by atoms with Crippen LogP contribution in [-0.2, 0) is 4.79 Å². The minimum absolute atomic E-state index is 0.0650. The standard InChI is InChI=1S/C13H25N5O2/c1-16(2)13(20)17-6-3-10(4-7-17)18-8-5-15-9-11(18)12(14)19/h10-11,15H,3-9H2,1-2H3,(H2,14,19). The van der Waals surface area contributed by atoms with Gasteiger partial charge in [0.15, 0.2) is 0 Å². The summed E-state index contributed by atoms with van der Waals surface area (Å²) in [5.41, 5.74) is 5.49. The molecule has 0 saturated carbocycles. The van der Waals surface area contributed by atoms with Crippen molar-refractivity contribution in [1.82, 2.24) is 20.0 Å². The summed E-state index contributed by atoms with van der Waals surface area (Å²) in [6.07, 6.45) is 1.81. The fraction of sp³-hybridized carbons (Fsp3) is 0.846. The summed E-state index contributed by atoms with van der Waals surface area (Å²) in [5.74, 6) is -0.260. The molecule has 1 unspecified atom stereocenters. The van der Waals surface area contributed by atoms with E-state index < -0.39 is 0 Å². The number of nitrogens with one attached hydrogen (secondary N) is 1. The van der Waals surface area contributed by atoms with Crippen LogP contribution in [0.4, 0.5) is 4.79 Å². The van der Waals surface area contributed by atoms with Gasteiger partial charge in [-0.25, -0.2) is 4.79 Å². The average molecular weight is 283 g/mol. The molecule has 0 aromatic heterocycles. The topological polar surface area (TPSA) is 81.9 Å². The second-order valence-corrected chi connectivity index (χ2v) is 5.76. The SMILES string of the molecule is CN(C)C(=O)N1CCC(N2CCNCC2C(N)=O)CC1. The van der Waals surface area contributed by atoms with Crippen molar-refractivity contribution < 1.29 is 9.59 Å². The van der Waals surface area contributed by atoms with Gasteiger partial charge >= 0.3 is 6.03 Å². The zero-order valence-electron chi connectivity index (χ0n) is 12.3. The van der Waals surface area contributed by atoms with Crippen molar-refractivity contribution in [2.45, 2.75) is 24.9 Å². The first-order chi connectivity index (χ1) is 9.50. The number of carbonyl (C=O) groups excluding carboxylic acids is 2. The van der Waals surface area contributed by atoms with Gasteiger partial charge < -0.3 is 20.9 Å². The third kappa shape index (κ3) is 3.21. The van der Waals surface area contributed by atoms with Gasteiger partial charge in [-0.05, 0) is 12.8 Å². The van der Waals surface area contributed by atoms with Crippen LogP contribution in [0.2, 0.25) is 0 Å². The van der Waals surface area contributed by atoms with Crippen LogP contribution in [0.25, 0.3) is 0 Å². The van der Waals surface area contributed by atoms with Crippen LogP contribution >= 0.6 is 0 Å². The van der Waals surface area contributed by atoms with E-state index in [1.54, 1.807) is 19.0 Å². The highest BCUT2D eigenvalue weighted by molar-refractivity contribution is 5.80. The summed E-state index contributed by atoms with van der Waals surface area (Å²) in [7, 11) is 3.54.